The summed E-state index contributed by atoms with van der Waals surface area (Å²) in [4.78, 5) is 15.7. The van der Waals surface area contributed by atoms with E-state index in [4.69, 9.17) is 4.42 Å². The SMILES string of the molecule is COC(=O)c1ccc2nc(-c3ccco3)nn2c1. The van der Waals surface area contributed by atoms with Crippen molar-refractivity contribution in [3.63, 3.8) is 0 Å². The highest BCUT2D eigenvalue weighted by molar-refractivity contribution is 5.89. The molecule has 0 aliphatic carbocycles. The van der Waals surface area contributed by atoms with Gasteiger partial charge >= 0.3 is 5.97 Å². The summed E-state index contributed by atoms with van der Waals surface area (Å²) in [6.45, 7) is 0. The third kappa shape index (κ3) is 1.64. The topological polar surface area (TPSA) is 69.6 Å². The zero-order valence-electron chi connectivity index (χ0n) is 9.53. The van der Waals surface area contributed by atoms with Gasteiger partial charge in [0, 0.05) is 6.20 Å². The van der Waals surface area contributed by atoms with E-state index in [-0.39, 0.29) is 0 Å². The molecule has 90 valence electrons. The summed E-state index contributed by atoms with van der Waals surface area (Å²) >= 11 is 0. The number of esters is 1. The second-order valence-electron chi connectivity index (χ2n) is 3.62. The van der Waals surface area contributed by atoms with Crippen LogP contribution in [0.15, 0.2) is 41.1 Å². The van der Waals surface area contributed by atoms with Gasteiger partial charge in [-0.15, -0.1) is 5.10 Å². The summed E-state index contributed by atoms with van der Waals surface area (Å²) in [5.74, 6) is 0.646. The van der Waals surface area contributed by atoms with Crippen LogP contribution in [0, 0.1) is 0 Å². The number of hydrogen-bond acceptors (Lipinski definition) is 5. The Hall–Kier alpha value is -2.63. The number of aromatic nitrogens is 3. The van der Waals surface area contributed by atoms with Gasteiger partial charge in [0.15, 0.2) is 11.4 Å². The van der Waals surface area contributed by atoms with Crippen molar-refractivity contribution in [1.29, 1.82) is 0 Å². The van der Waals surface area contributed by atoms with Crippen LogP contribution in [0.5, 0.6) is 0 Å². The Bertz CT molecular complexity index is 701. The smallest absolute Gasteiger partial charge is 0.339 e. The van der Waals surface area contributed by atoms with Crippen LogP contribution in [0.2, 0.25) is 0 Å². The summed E-state index contributed by atoms with van der Waals surface area (Å²) in [5, 5.41) is 4.24. The molecule has 0 aromatic carbocycles. The number of carbonyl (C=O) groups excluding carboxylic acids is 1. The van der Waals surface area contributed by atoms with Crippen molar-refractivity contribution in [2.45, 2.75) is 0 Å². The maximum absolute atomic E-state index is 11.4. The molecule has 0 amide bonds. The van der Waals surface area contributed by atoms with E-state index in [1.165, 1.54) is 11.6 Å². The zero-order chi connectivity index (χ0) is 12.5. The van der Waals surface area contributed by atoms with Gasteiger partial charge in [0.2, 0.25) is 5.82 Å². The summed E-state index contributed by atoms with van der Waals surface area (Å²) in [6.07, 6.45) is 3.13. The van der Waals surface area contributed by atoms with Crippen molar-refractivity contribution in [2.75, 3.05) is 7.11 Å². The number of fused-ring (bicyclic) bond motifs is 1. The number of methoxy groups -OCH3 is 1. The molecule has 18 heavy (non-hydrogen) atoms. The molecule has 0 aliphatic heterocycles. The van der Waals surface area contributed by atoms with Crippen molar-refractivity contribution in [3.05, 3.63) is 42.3 Å². The lowest BCUT2D eigenvalue weighted by molar-refractivity contribution is 0.0600. The predicted octanol–water partition coefficient (Wildman–Crippen LogP) is 1.78. The Kier molecular flexibility index (Phi) is 2.33. The average molecular weight is 243 g/mol. The molecule has 3 heterocycles. The Labute approximate surface area is 102 Å². The van der Waals surface area contributed by atoms with Crippen molar-refractivity contribution in [2.24, 2.45) is 0 Å². The lowest BCUT2D eigenvalue weighted by Gasteiger charge is -1.98. The van der Waals surface area contributed by atoms with E-state index in [0.717, 1.165) is 0 Å². The summed E-state index contributed by atoms with van der Waals surface area (Å²) in [6, 6.07) is 6.88. The average Bonchev–Trinajstić information content (AvgIpc) is 3.04. The highest BCUT2D eigenvalue weighted by Crippen LogP contribution is 2.16. The van der Waals surface area contributed by atoms with Crippen molar-refractivity contribution in [3.8, 4) is 11.6 Å². The fourth-order valence-electron chi connectivity index (χ4n) is 1.63. The molecule has 0 fully saturated rings. The fraction of sp³-hybridized carbons (Fsp3) is 0.0833. The van der Waals surface area contributed by atoms with E-state index in [2.05, 4.69) is 14.8 Å². The van der Waals surface area contributed by atoms with Crippen LogP contribution >= 0.6 is 0 Å². The van der Waals surface area contributed by atoms with Crippen molar-refractivity contribution < 1.29 is 13.9 Å². The number of nitrogens with zero attached hydrogens (tertiary/aromatic N) is 3. The second-order valence-corrected chi connectivity index (χ2v) is 3.62. The number of carbonyl (C=O) groups is 1. The van der Waals surface area contributed by atoms with Gasteiger partial charge < -0.3 is 9.15 Å². The molecule has 0 aliphatic rings. The molecule has 0 saturated carbocycles. The number of pyridine rings is 1. The maximum atomic E-state index is 11.4. The highest BCUT2D eigenvalue weighted by atomic mass is 16.5. The van der Waals surface area contributed by atoms with Crippen molar-refractivity contribution >= 4 is 11.6 Å². The minimum absolute atomic E-state index is 0.410. The van der Waals surface area contributed by atoms with E-state index >= 15 is 0 Å². The van der Waals surface area contributed by atoms with Crippen LogP contribution in [-0.4, -0.2) is 27.7 Å². The normalized spacial score (nSPS) is 10.7. The molecule has 0 unspecified atom stereocenters. The third-order valence-electron chi connectivity index (χ3n) is 2.49. The number of hydrogen-bond donors (Lipinski definition) is 0. The molecule has 3 aromatic heterocycles. The van der Waals surface area contributed by atoms with Gasteiger partial charge in [0.1, 0.15) is 0 Å². The molecule has 3 rings (SSSR count). The van der Waals surface area contributed by atoms with E-state index in [1.807, 2.05) is 0 Å². The van der Waals surface area contributed by atoms with Gasteiger partial charge in [-0.25, -0.2) is 14.3 Å². The van der Waals surface area contributed by atoms with Gasteiger partial charge in [-0.2, -0.15) is 0 Å². The molecule has 3 aromatic rings. The fourth-order valence-corrected chi connectivity index (χ4v) is 1.63. The minimum atomic E-state index is -0.410. The van der Waals surface area contributed by atoms with Crippen molar-refractivity contribution in [1.82, 2.24) is 14.6 Å². The monoisotopic (exact) mass is 243 g/mol. The number of rotatable bonds is 2. The first-order valence-corrected chi connectivity index (χ1v) is 5.26. The van der Waals surface area contributed by atoms with Crippen LogP contribution in [0.25, 0.3) is 17.2 Å². The lowest BCUT2D eigenvalue weighted by Crippen LogP contribution is -2.03. The maximum Gasteiger partial charge on any atom is 0.339 e. The van der Waals surface area contributed by atoms with Gasteiger partial charge in [-0.05, 0) is 24.3 Å². The largest absolute Gasteiger partial charge is 0.465 e. The molecule has 6 heteroatoms. The first kappa shape index (κ1) is 10.5. The Morgan fingerprint density at radius 2 is 2.28 bits per heavy atom. The molecule has 0 radical (unpaired) electrons. The molecular formula is C12H9N3O3. The van der Waals surface area contributed by atoms with E-state index in [1.54, 1.807) is 36.7 Å². The summed E-state index contributed by atoms with van der Waals surface area (Å²) < 4.78 is 11.4. The van der Waals surface area contributed by atoms with E-state index < -0.39 is 5.97 Å². The lowest BCUT2D eigenvalue weighted by atomic mass is 10.3. The Balaban J connectivity index is 2.10. The third-order valence-corrected chi connectivity index (χ3v) is 2.49. The Morgan fingerprint density at radius 3 is 3.00 bits per heavy atom. The first-order chi connectivity index (χ1) is 8.78. The van der Waals surface area contributed by atoms with Gasteiger partial charge in [-0.3, -0.25) is 0 Å². The zero-order valence-corrected chi connectivity index (χ0v) is 9.53. The highest BCUT2D eigenvalue weighted by Gasteiger charge is 2.11. The van der Waals surface area contributed by atoms with Gasteiger partial charge in [0.05, 0.1) is 18.9 Å². The van der Waals surface area contributed by atoms with Crippen LogP contribution in [0.1, 0.15) is 10.4 Å². The quantitative estimate of drug-likeness (QED) is 0.641. The first-order valence-electron chi connectivity index (χ1n) is 5.26. The molecule has 0 bridgehead atoms. The summed E-state index contributed by atoms with van der Waals surface area (Å²) in [7, 11) is 1.34. The van der Waals surface area contributed by atoms with Gasteiger partial charge in [0.25, 0.3) is 0 Å². The molecule has 6 nitrogen and oxygen atoms in total. The van der Waals surface area contributed by atoms with Crippen LogP contribution < -0.4 is 0 Å². The molecular weight excluding hydrogens is 234 g/mol. The number of furan rings is 1. The molecule has 0 saturated heterocycles. The van der Waals surface area contributed by atoms with Crippen LogP contribution in [0.3, 0.4) is 0 Å². The molecule has 0 atom stereocenters. The standard InChI is InChI=1S/C12H9N3O3/c1-17-12(16)8-4-5-10-13-11(14-15(10)7-8)9-3-2-6-18-9/h2-7H,1H3. The number of ether oxygens (including phenoxy) is 1. The second kappa shape index (κ2) is 3.99. The van der Waals surface area contributed by atoms with Gasteiger partial charge in [-0.1, -0.05) is 0 Å². The van der Waals surface area contributed by atoms with E-state index in [9.17, 15) is 4.79 Å². The summed E-state index contributed by atoms with van der Waals surface area (Å²) in [5.41, 5.74) is 1.05. The van der Waals surface area contributed by atoms with E-state index in [0.29, 0.717) is 22.8 Å². The Morgan fingerprint density at radius 1 is 1.39 bits per heavy atom. The molecule has 0 spiro atoms. The van der Waals surface area contributed by atoms with Crippen LogP contribution in [-0.2, 0) is 4.74 Å². The molecule has 0 N–H and O–H groups in total. The predicted molar refractivity (Wildman–Crippen MR) is 62.0 cm³/mol. The minimum Gasteiger partial charge on any atom is -0.465 e. The van der Waals surface area contributed by atoms with Crippen LogP contribution in [0.4, 0.5) is 0 Å².